The minimum Gasteiger partial charge on any atom is -0.382 e. The second-order valence-corrected chi connectivity index (χ2v) is 5.66. The summed E-state index contributed by atoms with van der Waals surface area (Å²) in [6.45, 7) is 4.40. The molecule has 5 heteroatoms. The molecular formula is C13H20N2O2S. The monoisotopic (exact) mass is 268 g/mol. The standard InChI is InChI=1S/C13H20N2O2S/c1-10(2)7-8-18-9-11-5-4-6-12(15(16)17)13(11)14-3/h4-6,10,14H,7-9H2,1-3H3. The number of hydrogen-bond donors (Lipinski definition) is 1. The SMILES string of the molecule is CNc1c(CSCCC(C)C)cccc1[N+](=O)[O-]. The highest BCUT2D eigenvalue weighted by Gasteiger charge is 2.15. The Hall–Kier alpha value is -1.23. The molecule has 0 bridgehead atoms. The zero-order valence-electron chi connectivity index (χ0n) is 11.1. The predicted molar refractivity (Wildman–Crippen MR) is 78.3 cm³/mol. The van der Waals surface area contributed by atoms with Crippen LogP contribution in [0.4, 0.5) is 11.4 Å². The Kier molecular flexibility index (Phi) is 5.98. The normalized spacial score (nSPS) is 10.7. The van der Waals surface area contributed by atoms with Gasteiger partial charge in [0.1, 0.15) is 5.69 Å². The van der Waals surface area contributed by atoms with E-state index in [1.807, 2.05) is 17.8 Å². The fourth-order valence-electron chi connectivity index (χ4n) is 1.65. The third-order valence-corrected chi connectivity index (χ3v) is 3.71. The van der Waals surface area contributed by atoms with Gasteiger partial charge in [0.15, 0.2) is 0 Å². The summed E-state index contributed by atoms with van der Waals surface area (Å²) in [5, 5.41) is 13.9. The number of anilines is 1. The zero-order valence-corrected chi connectivity index (χ0v) is 11.9. The van der Waals surface area contributed by atoms with Crippen molar-refractivity contribution in [3.05, 3.63) is 33.9 Å². The number of thioether (sulfide) groups is 1. The fraction of sp³-hybridized carbons (Fsp3) is 0.538. The first kappa shape index (κ1) is 14.8. The molecule has 0 aliphatic carbocycles. The quantitative estimate of drug-likeness (QED) is 0.462. The van der Waals surface area contributed by atoms with E-state index in [0.717, 1.165) is 17.1 Å². The summed E-state index contributed by atoms with van der Waals surface area (Å²) in [7, 11) is 1.73. The molecule has 1 aromatic carbocycles. The van der Waals surface area contributed by atoms with Crippen molar-refractivity contribution in [3.8, 4) is 0 Å². The number of nitrogens with one attached hydrogen (secondary N) is 1. The van der Waals surface area contributed by atoms with Crippen molar-refractivity contribution in [2.24, 2.45) is 5.92 Å². The number of benzene rings is 1. The van der Waals surface area contributed by atoms with Gasteiger partial charge < -0.3 is 5.32 Å². The third kappa shape index (κ3) is 4.22. The first-order valence-electron chi connectivity index (χ1n) is 6.08. The van der Waals surface area contributed by atoms with Crippen LogP contribution in [0.25, 0.3) is 0 Å². The highest BCUT2D eigenvalue weighted by molar-refractivity contribution is 7.98. The van der Waals surface area contributed by atoms with Crippen molar-refractivity contribution < 1.29 is 4.92 Å². The van der Waals surface area contributed by atoms with Gasteiger partial charge in [0.05, 0.1) is 4.92 Å². The van der Waals surface area contributed by atoms with E-state index in [-0.39, 0.29) is 10.6 Å². The summed E-state index contributed by atoms with van der Waals surface area (Å²) in [4.78, 5) is 10.6. The maximum Gasteiger partial charge on any atom is 0.292 e. The number of nitrogens with zero attached hydrogens (tertiary/aromatic N) is 1. The Morgan fingerprint density at radius 3 is 2.72 bits per heavy atom. The van der Waals surface area contributed by atoms with E-state index in [2.05, 4.69) is 19.2 Å². The van der Waals surface area contributed by atoms with E-state index in [9.17, 15) is 10.1 Å². The first-order valence-corrected chi connectivity index (χ1v) is 7.23. The maximum absolute atomic E-state index is 10.9. The lowest BCUT2D eigenvalue weighted by atomic mass is 10.1. The van der Waals surface area contributed by atoms with Crippen molar-refractivity contribution in [2.75, 3.05) is 18.1 Å². The molecule has 1 rings (SSSR count). The largest absolute Gasteiger partial charge is 0.382 e. The van der Waals surface area contributed by atoms with E-state index in [4.69, 9.17) is 0 Å². The Bertz CT molecular complexity index is 408. The van der Waals surface area contributed by atoms with Crippen molar-refractivity contribution in [3.63, 3.8) is 0 Å². The lowest BCUT2D eigenvalue weighted by molar-refractivity contribution is -0.384. The average molecular weight is 268 g/mol. The van der Waals surface area contributed by atoms with Crippen molar-refractivity contribution in [2.45, 2.75) is 26.0 Å². The van der Waals surface area contributed by atoms with Crippen LogP contribution in [-0.4, -0.2) is 17.7 Å². The fourth-order valence-corrected chi connectivity index (χ4v) is 2.89. The number of nitro benzene ring substituents is 1. The Balaban J connectivity index is 2.70. The van der Waals surface area contributed by atoms with Gasteiger partial charge in [-0.2, -0.15) is 11.8 Å². The molecule has 0 spiro atoms. The topological polar surface area (TPSA) is 55.2 Å². The molecule has 0 atom stereocenters. The summed E-state index contributed by atoms with van der Waals surface area (Å²) in [5.41, 5.74) is 1.79. The summed E-state index contributed by atoms with van der Waals surface area (Å²) in [6, 6.07) is 5.23. The number of nitro groups is 1. The molecule has 100 valence electrons. The van der Waals surface area contributed by atoms with Crippen molar-refractivity contribution in [1.82, 2.24) is 0 Å². The number of para-hydroxylation sites is 1. The molecule has 1 N–H and O–H groups in total. The smallest absolute Gasteiger partial charge is 0.292 e. The predicted octanol–water partition coefficient (Wildman–Crippen LogP) is 3.92. The number of rotatable bonds is 7. The van der Waals surface area contributed by atoms with E-state index in [1.165, 1.54) is 12.5 Å². The van der Waals surface area contributed by atoms with Gasteiger partial charge in [-0.1, -0.05) is 26.0 Å². The van der Waals surface area contributed by atoms with Gasteiger partial charge in [-0.3, -0.25) is 10.1 Å². The summed E-state index contributed by atoms with van der Waals surface area (Å²) >= 11 is 1.82. The Morgan fingerprint density at radius 1 is 1.44 bits per heavy atom. The summed E-state index contributed by atoms with van der Waals surface area (Å²) < 4.78 is 0. The lowest BCUT2D eigenvalue weighted by Crippen LogP contribution is -2.00. The molecule has 0 heterocycles. The van der Waals surface area contributed by atoms with Gasteiger partial charge >= 0.3 is 0 Å². The van der Waals surface area contributed by atoms with Gasteiger partial charge in [-0.05, 0) is 23.7 Å². The van der Waals surface area contributed by atoms with Gasteiger partial charge in [-0.15, -0.1) is 0 Å². The van der Waals surface area contributed by atoms with Gasteiger partial charge in [0.2, 0.25) is 0 Å². The zero-order chi connectivity index (χ0) is 13.5. The third-order valence-electron chi connectivity index (χ3n) is 2.67. The van der Waals surface area contributed by atoms with E-state index in [1.54, 1.807) is 13.1 Å². The Morgan fingerprint density at radius 2 is 2.17 bits per heavy atom. The van der Waals surface area contributed by atoms with Crippen LogP contribution in [-0.2, 0) is 5.75 Å². The molecule has 0 aliphatic heterocycles. The van der Waals surface area contributed by atoms with Gasteiger partial charge in [-0.25, -0.2) is 0 Å². The van der Waals surface area contributed by atoms with E-state index in [0.29, 0.717) is 11.6 Å². The summed E-state index contributed by atoms with van der Waals surface area (Å²) in [5.74, 6) is 2.60. The van der Waals surface area contributed by atoms with Gasteiger partial charge in [0, 0.05) is 18.9 Å². The average Bonchev–Trinajstić information content (AvgIpc) is 2.33. The van der Waals surface area contributed by atoms with Crippen LogP contribution in [0.15, 0.2) is 18.2 Å². The van der Waals surface area contributed by atoms with Crippen LogP contribution in [0.1, 0.15) is 25.8 Å². The first-order chi connectivity index (χ1) is 8.56. The molecule has 0 amide bonds. The van der Waals surface area contributed by atoms with Crippen molar-refractivity contribution >= 4 is 23.1 Å². The molecule has 0 fully saturated rings. The molecule has 0 saturated carbocycles. The molecule has 0 unspecified atom stereocenters. The molecular weight excluding hydrogens is 248 g/mol. The highest BCUT2D eigenvalue weighted by atomic mass is 32.2. The second kappa shape index (κ2) is 7.26. The highest BCUT2D eigenvalue weighted by Crippen LogP contribution is 2.30. The van der Waals surface area contributed by atoms with E-state index >= 15 is 0 Å². The van der Waals surface area contributed by atoms with Crippen LogP contribution in [0.2, 0.25) is 0 Å². The molecule has 4 nitrogen and oxygen atoms in total. The van der Waals surface area contributed by atoms with Crippen LogP contribution >= 0.6 is 11.8 Å². The molecule has 0 radical (unpaired) electrons. The van der Waals surface area contributed by atoms with Crippen LogP contribution in [0.5, 0.6) is 0 Å². The molecule has 18 heavy (non-hydrogen) atoms. The minimum absolute atomic E-state index is 0.152. The van der Waals surface area contributed by atoms with E-state index < -0.39 is 0 Å². The van der Waals surface area contributed by atoms with Gasteiger partial charge in [0.25, 0.3) is 5.69 Å². The number of hydrogen-bond acceptors (Lipinski definition) is 4. The summed E-state index contributed by atoms with van der Waals surface area (Å²) in [6.07, 6.45) is 1.18. The maximum atomic E-state index is 10.9. The molecule has 0 aliphatic rings. The molecule has 0 aromatic heterocycles. The Labute approximate surface area is 112 Å². The minimum atomic E-state index is -0.339. The lowest BCUT2D eigenvalue weighted by Gasteiger charge is -2.09. The molecule has 1 aromatic rings. The molecule has 0 saturated heterocycles. The van der Waals surface area contributed by atoms with Crippen molar-refractivity contribution in [1.29, 1.82) is 0 Å². The van der Waals surface area contributed by atoms with Crippen LogP contribution in [0.3, 0.4) is 0 Å². The second-order valence-electron chi connectivity index (χ2n) is 4.55. The van der Waals surface area contributed by atoms with Crippen LogP contribution in [0, 0.1) is 16.0 Å². The van der Waals surface area contributed by atoms with Crippen LogP contribution < -0.4 is 5.32 Å².